The van der Waals surface area contributed by atoms with Crippen LogP contribution in [0.25, 0.3) is 0 Å². The number of benzene rings is 1. The predicted octanol–water partition coefficient (Wildman–Crippen LogP) is 6.52. The van der Waals surface area contributed by atoms with Crippen molar-refractivity contribution in [1.29, 1.82) is 5.26 Å². The van der Waals surface area contributed by atoms with Crippen molar-refractivity contribution in [2.24, 2.45) is 5.92 Å². The van der Waals surface area contributed by atoms with Crippen LogP contribution in [0.3, 0.4) is 0 Å². The Labute approximate surface area is 252 Å². The average molecular weight is 599 g/mol. The van der Waals surface area contributed by atoms with Gasteiger partial charge in [-0.25, -0.2) is 0 Å². The number of hydrogen-bond donors (Lipinski definition) is 0. The zero-order chi connectivity index (χ0) is 31.0. The number of pyridine rings is 1. The first-order chi connectivity index (χ1) is 20.7. The monoisotopic (exact) mass is 598 g/mol. The quantitative estimate of drug-likeness (QED) is 0.291. The van der Waals surface area contributed by atoms with Gasteiger partial charge in [-0.1, -0.05) is 51.0 Å². The van der Waals surface area contributed by atoms with Crippen LogP contribution in [0.2, 0.25) is 0 Å². The lowest BCUT2D eigenvalue weighted by Crippen LogP contribution is -2.55. The number of carbonyl (C=O) groups excluding carboxylic acids is 2. The molecule has 2 aliphatic heterocycles. The van der Waals surface area contributed by atoms with Crippen molar-refractivity contribution in [3.63, 3.8) is 0 Å². The topological polar surface area (TPSA) is 86.5 Å². The maximum atomic E-state index is 14.0. The van der Waals surface area contributed by atoms with E-state index in [4.69, 9.17) is 4.74 Å². The third-order valence-corrected chi connectivity index (χ3v) is 8.83. The number of amides is 2. The van der Waals surface area contributed by atoms with Gasteiger partial charge in [-0.2, -0.15) is 18.4 Å². The number of alkyl halides is 3. The van der Waals surface area contributed by atoms with Gasteiger partial charge < -0.3 is 14.5 Å². The smallest absolute Gasteiger partial charge is 0.377 e. The second kappa shape index (κ2) is 14.3. The number of halogens is 3. The summed E-state index contributed by atoms with van der Waals surface area (Å²) >= 11 is 0. The van der Waals surface area contributed by atoms with Crippen molar-refractivity contribution in [2.75, 3.05) is 26.2 Å². The van der Waals surface area contributed by atoms with Crippen LogP contribution in [0.1, 0.15) is 92.4 Å². The first-order valence-electron chi connectivity index (χ1n) is 15.4. The fraction of sp³-hybridized carbons (Fsp3) is 0.576. The van der Waals surface area contributed by atoms with E-state index in [0.29, 0.717) is 64.8 Å². The minimum absolute atomic E-state index is 0.101. The van der Waals surface area contributed by atoms with E-state index in [9.17, 15) is 28.0 Å². The third-order valence-electron chi connectivity index (χ3n) is 8.83. The van der Waals surface area contributed by atoms with Crippen LogP contribution in [0.15, 0.2) is 42.6 Å². The lowest BCUT2D eigenvalue weighted by molar-refractivity contribution is -0.141. The van der Waals surface area contributed by atoms with E-state index in [-0.39, 0.29) is 12.5 Å². The molecule has 2 unspecified atom stereocenters. The molecule has 7 nitrogen and oxygen atoms in total. The Hall–Kier alpha value is -3.45. The van der Waals surface area contributed by atoms with Crippen LogP contribution in [0.5, 0.6) is 0 Å². The number of rotatable bonds is 10. The highest BCUT2D eigenvalue weighted by molar-refractivity contribution is 5.95. The second-order valence-corrected chi connectivity index (χ2v) is 11.6. The fourth-order valence-corrected chi connectivity index (χ4v) is 6.52. The molecule has 2 fully saturated rings. The zero-order valence-corrected chi connectivity index (χ0v) is 25.0. The van der Waals surface area contributed by atoms with Gasteiger partial charge in [0.05, 0.1) is 29.6 Å². The highest BCUT2D eigenvalue weighted by Crippen LogP contribution is 2.39. The summed E-state index contributed by atoms with van der Waals surface area (Å²) in [6, 6.07) is 11.9. The summed E-state index contributed by atoms with van der Waals surface area (Å²) in [5.41, 5.74) is -0.513. The number of piperidine rings is 2. The Morgan fingerprint density at radius 3 is 2.51 bits per heavy atom. The molecular formula is C33H41F3N4O3. The predicted molar refractivity (Wildman–Crippen MR) is 156 cm³/mol. The number of likely N-dealkylation sites (tertiary alicyclic amines) is 2. The number of nitriles is 1. The number of unbranched alkanes of at least 4 members (excludes halogenated alkanes) is 1. The molecule has 1 aromatic carbocycles. The standard InChI is InChI=1S/C33H41F3N4O3/c1-3-5-21-43-22-24-11-6-7-13-26(24)32(23-37)15-19-39(20-16-32)30(41)25-12-9-18-40(28(25)10-4-2)31(42)29-27(33(34,35)36)14-8-17-38-29/h6-8,11,13-14,17,25,28H,3-5,9-10,12,15-16,18-22H2,1-2H3. The zero-order valence-electron chi connectivity index (χ0n) is 25.0. The van der Waals surface area contributed by atoms with E-state index in [0.717, 1.165) is 30.0 Å². The van der Waals surface area contributed by atoms with Crippen LogP contribution in [0, 0.1) is 17.2 Å². The highest BCUT2D eigenvalue weighted by Gasteiger charge is 2.45. The summed E-state index contributed by atoms with van der Waals surface area (Å²) in [5, 5.41) is 10.4. The van der Waals surface area contributed by atoms with Gasteiger partial charge in [0.2, 0.25) is 5.91 Å². The molecule has 2 aromatic rings. The number of aromatic nitrogens is 1. The summed E-state index contributed by atoms with van der Waals surface area (Å²) in [7, 11) is 0. The van der Waals surface area contributed by atoms with Crippen molar-refractivity contribution in [3.05, 3.63) is 65.0 Å². The lowest BCUT2D eigenvalue weighted by Gasteiger charge is -2.44. The lowest BCUT2D eigenvalue weighted by atomic mass is 9.72. The van der Waals surface area contributed by atoms with Gasteiger partial charge in [0.1, 0.15) is 5.69 Å². The molecule has 4 rings (SSSR count). The van der Waals surface area contributed by atoms with Crippen LogP contribution < -0.4 is 0 Å². The molecule has 2 atom stereocenters. The molecule has 2 amide bonds. The summed E-state index contributed by atoms with van der Waals surface area (Å²) in [6.45, 7) is 6.18. The Bertz CT molecular complexity index is 1300. The van der Waals surface area contributed by atoms with Crippen LogP contribution in [-0.2, 0) is 27.7 Å². The molecule has 0 N–H and O–H groups in total. The summed E-state index contributed by atoms with van der Waals surface area (Å²) < 4.78 is 47.0. The highest BCUT2D eigenvalue weighted by atomic mass is 19.4. The Morgan fingerprint density at radius 1 is 1.09 bits per heavy atom. The second-order valence-electron chi connectivity index (χ2n) is 11.6. The van der Waals surface area contributed by atoms with E-state index in [2.05, 4.69) is 18.0 Å². The number of hydrogen-bond acceptors (Lipinski definition) is 5. The van der Waals surface area contributed by atoms with Crippen LogP contribution >= 0.6 is 0 Å². The molecule has 0 spiro atoms. The molecule has 10 heteroatoms. The molecule has 3 heterocycles. The number of nitrogens with zero attached hydrogens (tertiary/aromatic N) is 4. The summed E-state index contributed by atoms with van der Waals surface area (Å²) in [4.78, 5) is 34.5. The molecule has 0 bridgehead atoms. The Balaban J connectivity index is 1.50. The van der Waals surface area contributed by atoms with Crippen molar-refractivity contribution < 1.29 is 27.5 Å². The van der Waals surface area contributed by atoms with E-state index >= 15 is 0 Å². The van der Waals surface area contributed by atoms with Gasteiger partial charge in [0.15, 0.2) is 0 Å². The fourth-order valence-electron chi connectivity index (χ4n) is 6.52. The molecule has 0 radical (unpaired) electrons. The first kappa shape index (κ1) is 32.5. The van der Waals surface area contributed by atoms with Gasteiger partial charge in [-0.05, 0) is 61.8 Å². The third kappa shape index (κ3) is 7.20. The van der Waals surface area contributed by atoms with Gasteiger partial charge in [-0.15, -0.1) is 0 Å². The van der Waals surface area contributed by atoms with Gasteiger partial charge in [0, 0.05) is 38.5 Å². The van der Waals surface area contributed by atoms with E-state index < -0.39 is 40.7 Å². The van der Waals surface area contributed by atoms with E-state index in [1.807, 2.05) is 31.2 Å². The SMILES string of the molecule is CCCCOCc1ccccc1C1(C#N)CCN(C(=O)C2CCCN(C(=O)c3ncccc3C(F)(F)F)C2CCC)CC1. The van der Waals surface area contributed by atoms with Crippen molar-refractivity contribution in [1.82, 2.24) is 14.8 Å². The van der Waals surface area contributed by atoms with E-state index in [1.54, 1.807) is 4.90 Å². The normalized spacial score (nSPS) is 20.5. The maximum Gasteiger partial charge on any atom is 0.418 e. The minimum Gasteiger partial charge on any atom is -0.377 e. The molecule has 43 heavy (non-hydrogen) atoms. The van der Waals surface area contributed by atoms with Crippen LogP contribution in [-0.4, -0.2) is 58.9 Å². The molecule has 232 valence electrons. The molecule has 2 saturated heterocycles. The average Bonchev–Trinajstić information content (AvgIpc) is 3.02. The molecule has 0 saturated carbocycles. The van der Waals surface area contributed by atoms with Crippen molar-refractivity contribution in [3.8, 4) is 6.07 Å². The number of carbonyl (C=O) groups is 2. The molecular weight excluding hydrogens is 557 g/mol. The summed E-state index contributed by atoms with van der Waals surface area (Å²) in [5.74, 6) is -1.41. The van der Waals surface area contributed by atoms with Gasteiger partial charge >= 0.3 is 6.18 Å². The molecule has 2 aliphatic rings. The van der Waals surface area contributed by atoms with Crippen molar-refractivity contribution in [2.45, 2.75) is 89.5 Å². The maximum absolute atomic E-state index is 14.0. The first-order valence-corrected chi connectivity index (χ1v) is 15.4. The minimum atomic E-state index is -4.72. The summed E-state index contributed by atoms with van der Waals surface area (Å²) in [6.07, 6.45) is 1.65. The Morgan fingerprint density at radius 2 is 1.84 bits per heavy atom. The van der Waals surface area contributed by atoms with E-state index in [1.165, 1.54) is 17.2 Å². The molecule has 1 aromatic heterocycles. The van der Waals surface area contributed by atoms with Gasteiger partial charge in [0.25, 0.3) is 5.91 Å². The largest absolute Gasteiger partial charge is 0.418 e. The van der Waals surface area contributed by atoms with Gasteiger partial charge in [-0.3, -0.25) is 14.6 Å². The number of ether oxygens (including phenoxy) is 1. The Kier molecular flexibility index (Phi) is 10.8. The van der Waals surface area contributed by atoms with Crippen LogP contribution in [0.4, 0.5) is 13.2 Å². The molecule has 0 aliphatic carbocycles. The van der Waals surface area contributed by atoms with Crippen molar-refractivity contribution >= 4 is 11.8 Å².